The molecule has 2 aromatic rings. The van der Waals surface area contributed by atoms with E-state index in [1.807, 2.05) is 6.07 Å². The van der Waals surface area contributed by atoms with Gasteiger partial charge in [0.05, 0.1) is 0 Å². The van der Waals surface area contributed by atoms with Crippen molar-refractivity contribution in [2.45, 2.75) is 18.3 Å². The summed E-state index contributed by atoms with van der Waals surface area (Å²) >= 11 is 0.474. The minimum absolute atomic E-state index is 0.474. The van der Waals surface area contributed by atoms with Gasteiger partial charge in [0.25, 0.3) is 0 Å². The predicted octanol–water partition coefficient (Wildman–Crippen LogP) is 3.10. The first-order valence-electron chi connectivity index (χ1n) is 6.10. The van der Waals surface area contributed by atoms with Crippen LogP contribution < -0.4 is 4.46 Å². The molecule has 18 heavy (non-hydrogen) atoms. The monoisotopic (exact) mass is 303 g/mol. The molecule has 0 N–H and O–H groups in total. The Balaban J connectivity index is 1.82. The molecule has 0 spiro atoms. The topological polar surface area (TPSA) is 12.4 Å². The number of hydrogen-bond donors (Lipinski definition) is 0. The Kier molecular flexibility index (Phi) is 5.19. The Morgan fingerprint density at radius 3 is 2.28 bits per heavy atom. The van der Waals surface area contributed by atoms with E-state index in [1.54, 1.807) is 0 Å². The van der Waals surface area contributed by atoms with Crippen LogP contribution in [0.5, 0.6) is 0 Å². The first-order chi connectivity index (χ1) is 8.84. The Morgan fingerprint density at radius 1 is 1.00 bits per heavy atom. The molecule has 0 bridgehead atoms. The molecule has 1 unspecified atom stereocenters. The Hall–Kier alpha value is -1.37. The summed E-state index contributed by atoms with van der Waals surface area (Å²) in [6, 6.07) is 21.0. The molecule has 0 radical (unpaired) electrons. The van der Waals surface area contributed by atoms with Crippen LogP contribution >= 0.6 is 0 Å². The van der Waals surface area contributed by atoms with Crippen molar-refractivity contribution in [2.24, 2.45) is 4.99 Å². The van der Waals surface area contributed by atoms with Gasteiger partial charge in [0.15, 0.2) is 0 Å². The maximum atomic E-state index is 4.53. The number of benzene rings is 2. The van der Waals surface area contributed by atoms with Gasteiger partial charge in [-0.3, -0.25) is 0 Å². The van der Waals surface area contributed by atoms with E-state index in [4.69, 9.17) is 0 Å². The summed E-state index contributed by atoms with van der Waals surface area (Å²) in [7, 11) is 0. The van der Waals surface area contributed by atoms with Gasteiger partial charge in [0, 0.05) is 0 Å². The van der Waals surface area contributed by atoms with E-state index < -0.39 is 0 Å². The maximum absolute atomic E-state index is 4.53. The standard InChI is InChI=1S/C16H17NSe/c1-14(18-16-10-6-3-7-11-16)12-17-13-15-8-4-2-5-9-15/h2-12,14H,13H2,1H3. The molecule has 0 heterocycles. The zero-order valence-electron chi connectivity index (χ0n) is 10.5. The summed E-state index contributed by atoms with van der Waals surface area (Å²) in [5, 5.41) is 0. The van der Waals surface area contributed by atoms with Crippen molar-refractivity contribution in [3.8, 4) is 0 Å². The predicted molar refractivity (Wildman–Crippen MR) is 79.9 cm³/mol. The van der Waals surface area contributed by atoms with Crippen LogP contribution in [-0.2, 0) is 6.54 Å². The van der Waals surface area contributed by atoms with Crippen molar-refractivity contribution in [3.05, 3.63) is 66.2 Å². The Labute approximate surface area is 115 Å². The van der Waals surface area contributed by atoms with Crippen LogP contribution in [0.4, 0.5) is 0 Å². The van der Waals surface area contributed by atoms with Crippen molar-refractivity contribution >= 4 is 25.6 Å². The van der Waals surface area contributed by atoms with Crippen LogP contribution in [0.1, 0.15) is 12.5 Å². The van der Waals surface area contributed by atoms with Crippen molar-refractivity contribution in [3.63, 3.8) is 0 Å². The van der Waals surface area contributed by atoms with Crippen LogP contribution in [0.3, 0.4) is 0 Å². The third-order valence-corrected chi connectivity index (χ3v) is 4.67. The zero-order valence-corrected chi connectivity index (χ0v) is 12.2. The molecule has 0 aromatic heterocycles. The summed E-state index contributed by atoms with van der Waals surface area (Å²) in [4.78, 5) is 5.07. The molecule has 1 atom stereocenters. The van der Waals surface area contributed by atoms with E-state index in [9.17, 15) is 0 Å². The third kappa shape index (κ3) is 4.48. The summed E-state index contributed by atoms with van der Waals surface area (Å²) < 4.78 is 1.43. The summed E-state index contributed by atoms with van der Waals surface area (Å²) in [6.07, 6.45) is 2.10. The summed E-state index contributed by atoms with van der Waals surface area (Å²) in [5.74, 6) is 0. The van der Waals surface area contributed by atoms with Gasteiger partial charge in [-0.1, -0.05) is 0 Å². The van der Waals surface area contributed by atoms with E-state index in [0.29, 0.717) is 19.8 Å². The second-order valence-corrected chi connectivity index (χ2v) is 7.16. The molecule has 2 heteroatoms. The quantitative estimate of drug-likeness (QED) is 0.594. The molecule has 0 saturated carbocycles. The van der Waals surface area contributed by atoms with E-state index in [0.717, 1.165) is 6.54 Å². The third-order valence-electron chi connectivity index (χ3n) is 2.50. The first kappa shape index (κ1) is 13.1. The fraction of sp³-hybridized carbons (Fsp3) is 0.188. The minimum atomic E-state index is 0.474. The van der Waals surface area contributed by atoms with E-state index in [2.05, 4.69) is 72.7 Å². The number of aliphatic imine (C=N–C) groups is 1. The zero-order chi connectivity index (χ0) is 12.6. The molecule has 0 amide bonds. The molecule has 92 valence electrons. The van der Waals surface area contributed by atoms with E-state index in [1.165, 1.54) is 10.0 Å². The van der Waals surface area contributed by atoms with Gasteiger partial charge in [-0.15, -0.1) is 0 Å². The molecule has 2 rings (SSSR count). The van der Waals surface area contributed by atoms with Crippen molar-refractivity contribution in [1.29, 1.82) is 0 Å². The van der Waals surface area contributed by atoms with Gasteiger partial charge < -0.3 is 0 Å². The van der Waals surface area contributed by atoms with E-state index >= 15 is 0 Å². The SMILES string of the molecule is CC(C=NCc1ccccc1)[Se]c1ccccc1. The second kappa shape index (κ2) is 7.15. The molecule has 0 aliphatic rings. The van der Waals surface area contributed by atoms with Crippen LogP contribution in [0.25, 0.3) is 0 Å². The number of nitrogens with zero attached hydrogens (tertiary/aromatic N) is 1. The number of rotatable bonds is 5. The average Bonchev–Trinajstić information content (AvgIpc) is 2.41. The second-order valence-electron chi connectivity index (χ2n) is 4.11. The molecule has 0 aliphatic heterocycles. The van der Waals surface area contributed by atoms with E-state index in [-0.39, 0.29) is 0 Å². The fourth-order valence-corrected chi connectivity index (χ4v) is 3.50. The fourth-order valence-electron chi connectivity index (χ4n) is 1.63. The van der Waals surface area contributed by atoms with Gasteiger partial charge in [-0.25, -0.2) is 0 Å². The van der Waals surface area contributed by atoms with Gasteiger partial charge in [0.1, 0.15) is 0 Å². The molecule has 0 aliphatic carbocycles. The summed E-state index contributed by atoms with van der Waals surface area (Å²) in [5.41, 5.74) is 1.27. The molecule has 1 nitrogen and oxygen atoms in total. The molecule has 0 fully saturated rings. The normalized spacial score (nSPS) is 12.7. The average molecular weight is 302 g/mol. The van der Waals surface area contributed by atoms with Crippen LogP contribution in [-0.4, -0.2) is 21.2 Å². The van der Waals surface area contributed by atoms with Crippen LogP contribution in [0.2, 0.25) is 4.82 Å². The van der Waals surface area contributed by atoms with Crippen molar-refractivity contribution in [1.82, 2.24) is 0 Å². The van der Waals surface area contributed by atoms with Crippen molar-refractivity contribution in [2.75, 3.05) is 0 Å². The van der Waals surface area contributed by atoms with Crippen molar-refractivity contribution < 1.29 is 0 Å². The molecular formula is C16H17NSe. The first-order valence-corrected chi connectivity index (χ1v) is 7.95. The van der Waals surface area contributed by atoms with Gasteiger partial charge in [-0.05, 0) is 0 Å². The van der Waals surface area contributed by atoms with Crippen LogP contribution in [0, 0.1) is 0 Å². The molecular weight excluding hydrogens is 285 g/mol. The molecule has 0 saturated heterocycles. The Bertz CT molecular complexity index is 479. The Morgan fingerprint density at radius 2 is 1.61 bits per heavy atom. The van der Waals surface area contributed by atoms with Crippen LogP contribution in [0.15, 0.2) is 65.7 Å². The number of hydrogen-bond acceptors (Lipinski definition) is 1. The molecule has 2 aromatic carbocycles. The van der Waals surface area contributed by atoms with Gasteiger partial charge >= 0.3 is 115 Å². The van der Waals surface area contributed by atoms with Gasteiger partial charge in [-0.2, -0.15) is 0 Å². The van der Waals surface area contributed by atoms with Gasteiger partial charge in [0.2, 0.25) is 0 Å². The summed E-state index contributed by atoms with van der Waals surface area (Å²) in [6.45, 7) is 3.03.